The predicted octanol–water partition coefficient (Wildman–Crippen LogP) is 3.76. The van der Waals surface area contributed by atoms with Gasteiger partial charge in [0.05, 0.1) is 22.3 Å². The number of aromatic nitrogens is 1. The van der Waals surface area contributed by atoms with Crippen molar-refractivity contribution < 1.29 is 4.79 Å². The zero-order chi connectivity index (χ0) is 14.9. The Balaban J connectivity index is 0.00000132. The maximum absolute atomic E-state index is 12.6. The summed E-state index contributed by atoms with van der Waals surface area (Å²) in [4.78, 5) is 18.9. The van der Waals surface area contributed by atoms with E-state index in [1.165, 1.54) is 6.42 Å². The molecule has 1 aromatic heterocycles. The van der Waals surface area contributed by atoms with Gasteiger partial charge in [0.1, 0.15) is 5.01 Å². The van der Waals surface area contributed by atoms with Crippen molar-refractivity contribution in [2.24, 2.45) is 5.73 Å². The minimum absolute atomic E-state index is 0. The number of nitrogens with zero attached hydrogens (tertiary/aromatic N) is 2. The van der Waals surface area contributed by atoms with Gasteiger partial charge in [-0.05, 0) is 25.0 Å². The van der Waals surface area contributed by atoms with E-state index in [2.05, 4.69) is 11.1 Å². The molecular formula is C16H23Cl2N3OS. The molecule has 1 aromatic carbocycles. The van der Waals surface area contributed by atoms with Crippen molar-refractivity contribution in [3.63, 3.8) is 0 Å². The molecule has 0 saturated heterocycles. The van der Waals surface area contributed by atoms with Gasteiger partial charge in [-0.1, -0.05) is 31.4 Å². The van der Waals surface area contributed by atoms with Crippen LogP contribution in [-0.2, 0) is 11.3 Å². The molecular weight excluding hydrogens is 353 g/mol. The van der Waals surface area contributed by atoms with Crippen LogP contribution >= 0.6 is 36.2 Å². The molecule has 1 aliphatic carbocycles. The standard InChI is InChI=1S/C16H21N3OS.2ClH/c1-19(15(20)16(17)9-5-2-6-10-16)11-14-18-12-7-3-4-8-13(12)21-14;;/h3-4,7-8H,2,5-6,9-11,17H2,1H3;2*1H. The van der Waals surface area contributed by atoms with Crippen LogP contribution in [0, 0.1) is 0 Å². The number of thiazole rings is 1. The van der Waals surface area contributed by atoms with Gasteiger partial charge >= 0.3 is 0 Å². The number of para-hydroxylation sites is 1. The van der Waals surface area contributed by atoms with Crippen LogP contribution in [0.15, 0.2) is 24.3 Å². The van der Waals surface area contributed by atoms with Crippen molar-refractivity contribution in [3.05, 3.63) is 29.3 Å². The minimum Gasteiger partial charge on any atom is -0.337 e. The van der Waals surface area contributed by atoms with Gasteiger partial charge in [0.2, 0.25) is 5.91 Å². The van der Waals surface area contributed by atoms with Gasteiger partial charge in [-0.25, -0.2) is 4.98 Å². The van der Waals surface area contributed by atoms with Crippen LogP contribution in [0.1, 0.15) is 37.1 Å². The molecule has 1 fully saturated rings. The third kappa shape index (κ3) is 4.35. The molecule has 0 spiro atoms. The highest BCUT2D eigenvalue weighted by molar-refractivity contribution is 7.18. The number of carbonyl (C=O) groups is 1. The van der Waals surface area contributed by atoms with Gasteiger partial charge in [-0.3, -0.25) is 4.79 Å². The third-order valence-electron chi connectivity index (χ3n) is 4.23. The van der Waals surface area contributed by atoms with E-state index in [0.717, 1.165) is 40.9 Å². The summed E-state index contributed by atoms with van der Waals surface area (Å²) in [6.45, 7) is 0.539. The zero-order valence-electron chi connectivity index (χ0n) is 13.2. The van der Waals surface area contributed by atoms with Crippen molar-refractivity contribution >= 4 is 52.3 Å². The fourth-order valence-electron chi connectivity index (χ4n) is 3.04. The summed E-state index contributed by atoms with van der Waals surface area (Å²) in [5, 5.41) is 0.964. The number of amides is 1. The van der Waals surface area contributed by atoms with E-state index in [1.54, 1.807) is 16.2 Å². The van der Waals surface area contributed by atoms with Gasteiger partial charge in [0, 0.05) is 7.05 Å². The van der Waals surface area contributed by atoms with E-state index in [4.69, 9.17) is 5.73 Å². The molecule has 0 radical (unpaired) electrons. The van der Waals surface area contributed by atoms with Gasteiger partial charge in [0.25, 0.3) is 0 Å². The maximum atomic E-state index is 12.6. The molecule has 1 amide bonds. The Morgan fingerprint density at radius 1 is 1.26 bits per heavy atom. The molecule has 3 rings (SSSR count). The average molecular weight is 376 g/mol. The molecule has 0 unspecified atom stereocenters. The lowest BCUT2D eigenvalue weighted by atomic mass is 9.81. The number of carbonyl (C=O) groups excluding carboxylic acids is 1. The Morgan fingerprint density at radius 2 is 1.91 bits per heavy atom. The number of halogens is 2. The predicted molar refractivity (Wildman–Crippen MR) is 101 cm³/mol. The lowest BCUT2D eigenvalue weighted by Crippen LogP contribution is -2.55. The van der Waals surface area contributed by atoms with Crippen molar-refractivity contribution in [1.82, 2.24) is 9.88 Å². The van der Waals surface area contributed by atoms with E-state index in [1.807, 2.05) is 25.2 Å². The van der Waals surface area contributed by atoms with Gasteiger partial charge in [0.15, 0.2) is 0 Å². The number of hydrogen-bond donors (Lipinski definition) is 1. The summed E-state index contributed by atoms with van der Waals surface area (Å²) in [6.07, 6.45) is 4.90. The Bertz CT molecular complexity index is 623. The summed E-state index contributed by atoms with van der Waals surface area (Å²) < 4.78 is 1.16. The van der Waals surface area contributed by atoms with E-state index >= 15 is 0 Å². The highest BCUT2D eigenvalue weighted by Gasteiger charge is 2.37. The first-order valence-corrected chi connectivity index (χ1v) is 8.29. The first-order chi connectivity index (χ1) is 10.1. The summed E-state index contributed by atoms with van der Waals surface area (Å²) in [6, 6.07) is 8.06. The van der Waals surface area contributed by atoms with Gasteiger partial charge in [-0.15, -0.1) is 36.2 Å². The lowest BCUT2D eigenvalue weighted by Gasteiger charge is -2.35. The molecule has 0 bridgehead atoms. The van der Waals surface area contributed by atoms with Gasteiger partial charge in [-0.2, -0.15) is 0 Å². The number of benzene rings is 1. The first kappa shape index (κ1) is 20.2. The number of hydrogen-bond acceptors (Lipinski definition) is 4. The Morgan fingerprint density at radius 3 is 2.57 bits per heavy atom. The fourth-order valence-corrected chi connectivity index (χ4v) is 4.06. The van der Waals surface area contributed by atoms with Crippen molar-refractivity contribution in [3.8, 4) is 0 Å². The topological polar surface area (TPSA) is 59.2 Å². The van der Waals surface area contributed by atoms with Crippen molar-refractivity contribution in [2.75, 3.05) is 7.05 Å². The van der Waals surface area contributed by atoms with Crippen molar-refractivity contribution in [2.45, 2.75) is 44.2 Å². The zero-order valence-corrected chi connectivity index (χ0v) is 15.6. The largest absolute Gasteiger partial charge is 0.337 e. The SMILES string of the molecule is CN(Cc1nc2ccccc2s1)C(=O)C1(N)CCCCC1.Cl.Cl. The van der Waals surface area contributed by atoms with Gasteiger partial charge < -0.3 is 10.6 Å². The molecule has 23 heavy (non-hydrogen) atoms. The monoisotopic (exact) mass is 375 g/mol. The molecule has 128 valence electrons. The normalized spacial score (nSPS) is 16.3. The minimum atomic E-state index is -0.663. The summed E-state index contributed by atoms with van der Waals surface area (Å²) >= 11 is 1.64. The van der Waals surface area contributed by atoms with Crippen LogP contribution in [0.5, 0.6) is 0 Å². The number of fused-ring (bicyclic) bond motifs is 1. The van der Waals surface area contributed by atoms with E-state index in [9.17, 15) is 4.79 Å². The lowest BCUT2D eigenvalue weighted by molar-refractivity contribution is -0.137. The molecule has 0 atom stereocenters. The molecule has 2 N–H and O–H groups in total. The molecule has 7 heteroatoms. The molecule has 1 heterocycles. The molecule has 2 aromatic rings. The van der Waals surface area contributed by atoms with E-state index in [-0.39, 0.29) is 30.7 Å². The molecule has 1 saturated carbocycles. The highest BCUT2D eigenvalue weighted by atomic mass is 35.5. The molecule has 4 nitrogen and oxygen atoms in total. The highest BCUT2D eigenvalue weighted by Crippen LogP contribution is 2.28. The third-order valence-corrected chi connectivity index (χ3v) is 5.25. The summed E-state index contributed by atoms with van der Waals surface area (Å²) in [7, 11) is 1.83. The Labute approximate surface area is 153 Å². The Hall–Kier alpha value is -0.880. The first-order valence-electron chi connectivity index (χ1n) is 7.47. The second-order valence-corrected chi connectivity index (χ2v) is 7.07. The maximum Gasteiger partial charge on any atom is 0.242 e. The number of nitrogens with two attached hydrogens (primary N) is 1. The quantitative estimate of drug-likeness (QED) is 0.887. The van der Waals surface area contributed by atoms with Crippen LogP contribution in [-0.4, -0.2) is 28.4 Å². The van der Waals surface area contributed by atoms with Crippen molar-refractivity contribution in [1.29, 1.82) is 0 Å². The van der Waals surface area contributed by atoms with Crippen LogP contribution in [0.4, 0.5) is 0 Å². The summed E-state index contributed by atoms with van der Waals surface area (Å²) in [5.41, 5.74) is 6.66. The Kier molecular flexibility index (Phi) is 7.27. The van der Waals surface area contributed by atoms with Crippen LogP contribution < -0.4 is 5.73 Å². The average Bonchev–Trinajstić information content (AvgIpc) is 2.89. The van der Waals surface area contributed by atoms with Crippen LogP contribution in [0.3, 0.4) is 0 Å². The second-order valence-electron chi connectivity index (χ2n) is 5.95. The van der Waals surface area contributed by atoms with E-state index in [0.29, 0.717) is 6.54 Å². The van der Waals surface area contributed by atoms with E-state index < -0.39 is 5.54 Å². The number of likely N-dealkylation sites (N-methyl/N-ethyl adjacent to an activating group) is 1. The molecule has 1 aliphatic rings. The summed E-state index contributed by atoms with van der Waals surface area (Å²) in [5.74, 6) is 0.0569. The molecule has 0 aliphatic heterocycles. The van der Waals surface area contributed by atoms with Crippen LogP contribution in [0.25, 0.3) is 10.2 Å². The smallest absolute Gasteiger partial charge is 0.242 e. The fraction of sp³-hybridized carbons (Fsp3) is 0.500. The second kappa shape index (κ2) is 8.29. The number of rotatable bonds is 3. The van der Waals surface area contributed by atoms with Crippen LogP contribution in [0.2, 0.25) is 0 Å².